The number of hydrogen-bond donors (Lipinski definition) is 1. The Bertz CT molecular complexity index is 378. The normalized spacial score (nSPS) is 18.6. The SMILES string of the molecule is CC1(NCCOc2cccc(Br)c2)CCOCC1. The molecule has 100 valence electrons. The molecule has 1 heterocycles. The van der Waals surface area contributed by atoms with Gasteiger partial charge >= 0.3 is 0 Å². The van der Waals surface area contributed by atoms with E-state index < -0.39 is 0 Å². The molecular weight excluding hydrogens is 294 g/mol. The molecule has 2 rings (SSSR count). The molecule has 1 N–H and O–H groups in total. The summed E-state index contributed by atoms with van der Waals surface area (Å²) in [5.74, 6) is 0.906. The van der Waals surface area contributed by atoms with E-state index in [4.69, 9.17) is 9.47 Å². The van der Waals surface area contributed by atoms with Gasteiger partial charge < -0.3 is 14.8 Å². The van der Waals surface area contributed by atoms with E-state index >= 15 is 0 Å². The van der Waals surface area contributed by atoms with Crippen molar-refractivity contribution in [2.45, 2.75) is 25.3 Å². The van der Waals surface area contributed by atoms with E-state index in [0.717, 1.165) is 42.8 Å². The average Bonchev–Trinajstić information content (AvgIpc) is 2.36. The maximum absolute atomic E-state index is 5.70. The van der Waals surface area contributed by atoms with Crippen molar-refractivity contribution in [3.05, 3.63) is 28.7 Å². The van der Waals surface area contributed by atoms with Crippen LogP contribution >= 0.6 is 15.9 Å². The van der Waals surface area contributed by atoms with Gasteiger partial charge in [0.25, 0.3) is 0 Å². The Balaban J connectivity index is 1.69. The average molecular weight is 314 g/mol. The van der Waals surface area contributed by atoms with E-state index in [0.29, 0.717) is 6.61 Å². The summed E-state index contributed by atoms with van der Waals surface area (Å²) in [6.45, 7) is 5.52. The third-order valence-corrected chi connectivity index (χ3v) is 3.81. The lowest BCUT2D eigenvalue weighted by Gasteiger charge is -2.34. The van der Waals surface area contributed by atoms with Crippen molar-refractivity contribution in [2.75, 3.05) is 26.4 Å². The lowest BCUT2D eigenvalue weighted by Crippen LogP contribution is -2.48. The molecule has 1 saturated heterocycles. The quantitative estimate of drug-likeness (QED) is 0.848. The monoisotopic (exact) mass is 313 g/mol. The largest absolute Gasteiger partial charge is 0.492 e. The topological polar surface area (TPSA) is 30.5 Å². The highest BCUT2D eigenvalue weighted by Gasteiger charge is 2.26. The van der Waals surface area contributed by atoms with Gasteiger partial charge in [-0.05, 0) is 38.0 Å². The third kappa shape index (κ3) is 4.26. The van der Waals surface area contributed by atoms with E-state index in [2.05, 4.69) is 28.2 Å². The number of benzene rings is 1. The van der Waals surface area contributed by atoms with Gasteiger partial charge in [-0.25, -0.2) is 0 Å². The van der Waals surface area contributed by atoms with Crippen LogP contribution in [0.25, 0.3) is 0 Å². The first-order valence-corrected chi connectivity index (χ1v) is 7.18. The Hall–Kier alpha value is -0.580. The van der Waals surface area contributed by atoms with Crippen molar-refractivity contribution >= 4 is 15.9 Å². The first kappa shape index (κ1) is 13.8. The second-order valence-electron chi connectivity index (χ2n) is 4.91. The van der Waals surface area contributed by atoms with Crippen molar-refractivity contribution in [3.63, 3.8) is 0 Å². The maximum atomic E-state index is 5.70. The van der Waals surface area contributed by atoms with Crippen molar-refractivity contribution in [1.82, 2.24) is 5.32 Å². The predicted molar refractivity (Wildman–Crippen MR) is 76.1 cm³/mol. The summed E-state index contributed by atoms with van der Waals surface area (Å²) in [6, 6.07) is 7.93. The molecule has 0 aliphatic carbocycles. The molecule has 0 bridgehead atoms. The molecule has 1 fully saturated rings. The molecule has 0 unspecified atom stereocenters. The summed E-state index contributed by atoms with van der Waals surface area (Å²) in [5, 5.41) is 3.57. The van der Waals surface area contributed by atoms with Gasteiger partial charge in [0, 0.05) is 29.8 Å². The number of halogens is 1. The minimum atomic E-state index is 0.207. The summed E-state index contributed by atoms with van der Waals surface area (Å²) in [7, 11) is 0. The van der Waals surface area contributed by atoms with Crippen LogP contribution in [0.1, 0.15) is 19.8 Å². The van der Waals surface area contributed by atoms with Gasteiger partial charge in [-0.1, -0.05) is 22.0 Å². The Labute approximate surface area is 117 Å². The lowest BCUT2D eigenvalue weighted by molar-refractivity contribution is 0.0440. The van der Waals surface area contributed by atoms with Crippen molar-refractivity contribution in [1.29, 1.82) is 0 Å². The second kappa shape index (κ2) is 6.55. The van der Waals surface area contributed by atoms with Gasteiger partial charge in [0.05, 0.1) is 0 Å². The standard InChI is InChI=1S/C14H20BrNO2/c1-14(5-8-17-9-6-14)16-7-10-18-13-4-2-3-12(15)11-13/h2-4,11,16H,5-10H2,1H3. The number of hydrogen-bond acceptors (Lipinski definition) is 3. The van der Waals surface area contributed by atoms with Crippen LogP contribution in [0.4, 0.5) is 0 Å². The first-order chi connectivity index (χ1) is 8.68. The van der Waals surface area contributed by atoms with Crippen LogP contribution in [0.3, 0.4) is 0 Å². The molecule has 0 saturated carbocycles. The van der Waals surface area contributed by atoms with Crippen LogP contribution in [0.2, 0.25) is 0 Å². The molecule has 1 aromatic carbocycles. The summed E-state index contributed by atoms with van der Waals surface area (Å²) in [6.07, 6.45) is 2.15. The predicted octanol–water partition coefficient (Wildman–Crippen LogP) is 2.99. The molecule has 0 atom stereocenters. The van der Waals surface area contributed by atoms with Crippen LogP contribution in [-0.2, 0) is 4.74 Å². The zero-order valence-electron chi connectivity index (χ0n) is 10.7. The van der Waals surface area contributed by atoms with Crippen LogP contribution < -0.4 is 10.1 Å². The minimum absolute atomic E-state index is 0.207. The highest BCUT2D eigenvalue weighted by Crippen LogP contribution is 2.20. The fourth-order valence-electron chi connectivity index (χ4n) is 2.08. The molecular formula is C14H20BrNO2. The van der Waals surface area contributed by atoms with Gasteiger partial charge in [0.1, 0.15) is 12.4 Å². The molecule has 3 nitrogen and oxygen atoms in total. The Morgan fingerprint density at radius 3 is 2.89 bits per heavy atom. The molecule has 0 aromatic heterocycles. The zero-order valence-corrected chi connectivity index (χ0v) is 12.3. The van der Waals surface area contributed by atoms with Gasteiger partial charge in [0.2, 0.25) is 0 Å². The maximum Gasteiger partial charge on any atom is 0.120 e. The lowest BCUT2D eigenvalue weighted by atomic mass is 9.93. The first-order valence-electron chi connectivity index (χ1n) is 6.39. The Kier molecular flexibility index (Phi) is 5.03. The fourth-order valence-corrected chi connectivity index (χ4v) is 2.46. The van der Waals surface area contributed by atoms with E-state index in [1.54, 1.807) is 0 Å². The Morgan fingerprint density at radius 1 is 1.39 bits per heavy atom. The third-order valence-electron chi connectivity index (χ3n) is 3.32. The van der Waals surface area contributed by atoms with Gasteiger partial charge in [-0.3, -0.25) is 0 Å². The van der Waals surface area contributed by atoms with Crippen molar-refractivity contribution < 1.29 is 9.47 Å². The van der Waals surface area contributed by atoms with E-state index in [1.165, 1.54) is 0 Å². The summed E-state index contributed by atoms with van der Waals surface area (Å²) in [4.78, 5) is 0. The zero-order chi connectivity index (χ0) is 12.8. The van der Waals surface area contributed by atoms with Crippen molar-refractivity contribution in [3.8, 4) is 5.75 Å². The van der Waals surface area contributed by atoms with Crippen LogP contribution in [0.5, 0.6) is 5.75 Å². The number of ether oxygens (including phenoxy) is 2. The highest BCUT2D eigenvalue weighted by atomic mass is 79.9. The number of nitrogens with one attached hydrogen (secondary N) is 1. The summed E-state index contributed by atoms with van der Waals surface area (Å²) >= 11 is 3.43. The molecule has 1 aromatic rings. The van der Waals surface area contributed by atoms with Gasteiger partial charge in [-0.15, -0.1) is 0 Å². The molecule has 0 spiro atoms. The van der Waals surface area contributed by atoms with Crippen LogP contribution in [0, 0.1) is 0 Å². The van der Waals surface area contributed by atoms with Gasteiger partial charge in [0.15, 0.2) is 0 Å². The van der Waals surface area contributed by atoms with Crippen LogP contribution in [-0.4, -0.2) is 31.9 Å². The van der Waals surface area contributed by atoms with Crippen LogP contribution in [0.15, 0.2) is 28.7 Å². The second-order valence-corrected chi connectivity index (χ2v) is 5.82. The van der Waals surface area contributed by atoms with E-state index in [-0.39, 0.29) is 5.54 Å². The summed E-state index contributed by atoms with van der Waals surface area (Å²) in [5.41, 5.74) is 0.207. The minimum Gasteiger partial charge on any atom is -0.492 e. The molecule has 1 aliphatic heterocycles. The number of rotatable bonds is 5. The summed E-state index contributed by atoms with van der Waals surface area (Å²) < 4.78 is 12.1. The van der Waals surface area contributed by atoms with Gasteiger partial charge in [-0.2, -0.15) is 0 Å². The molecule has 0 amide bonds. The molecule has 1 aliphatic rings. The fraction of sp³-hybridized carbons (Fsp3) is 0.571. The molecule has 0 radical (unpaired) electrons. The van der Waals surface area contributed by atoms with E-state index in [9.17, 15) is 0 Å². The smallest absolute Gasteiger partial charge is 0.120 e. The van der Waals surface area contributed by atoms with Crippen molar-refractivity contribution in [2.24, 2.45) is 0 Å². The highest BCUT2D eigenvalue weighted by molar-refractivity contribution is 9.10. The Morgan fingerprint density at radius 2 is 2.17 bits per heavy atom. The molecule has 4 heteroatoms. The van der Waals surface area contributed by atoms with E-state index in [1.807, 2.05) is 24.3 Å². The molecule has 18 heavy (non-hydrogen) atoms.